The summed E-state index contributed by atoms with van der Waals surface area (Å²) in [6, 6.07) is 3.51. The molecule has 1 aromatic carbocycles. The van der Waals surface area contributed by atoms with Crippen LogP contribution in [0.1, 0.15) is 79.8 Å². The summed E-state index contributed by atoms with van der Waals surface area (Å²) in [6.45, 7) is 3.98. The van der Waals surface area contributed by atoms with Gasteiger partial charge in [-0.1, -0.05) is 48.1 Å². The van der Waals surface area contributed by atoms with Gasteiger partial charge in [0.1, 0.15) is 17.3 Å². The monoisotopic (exact) mass is 575 g/mol. The highest BCUT2D eigenvalue weighted by Crippen LogP contribution is 2.40. The van der Waals surface area contributed by atoms with Gasteiger partial charge in [-0.3, -0.25) is 19.3 Å². The van der Waals surface area contributed by atoms with Crippen molar-refractivity contribution >= 4 is 22.9 Å². The van der Waals surface area contributed by atoms with E-state index in [2.05, 4.69) is 41.4 Å². The first-order valence-electron chi connectivity index (χ1n) is 15.4. The highest BCUT2D eigenvalue weighted by Gasteiger charge is 2.35. The van der Waals surface area contributed by atoms with Crippen molar-refractivity contribution in [3.8, 4) is 5.75 Å². The van der Waals surface area contributed by atoms with Gasteiger partial charge in [0.25, 0.3) is 0 Å². The van der Waals surface area contributed by atoms with E-state index in [1.807, 2.05) is 6.07 Å². The Bertz CT molecular complexity index is 1270. The molecule has 226 valence electrons. The summed E-state index contributed by atoms with van der Waals surface area (Å²) in [7, 11) is 0. The number of phenolic OH excluding ortho intramolecular Hbond substituents is 1. The van der Waals surface area contributed by atoms with Crippen LogP contribution in [0.3, 0.4) is 0 Å². The van der Waals surface area contributed by atoms with Gasteiger partial charge >= 0.3 is 0 Å². The van der Waals surface area contributed by atoms with Gasteiger partial charge in [0.2, 0.25) is 0 Å². The SMILES string of the molecule is CC(=O)CC(=O)C(CO)C(CCO)CC1CC(=O)c2c(O)ccc(/C3=C/C=C(/CN4CCCC4)C/C=C\C=C/C3)c2C1. The number of benzene rings is 1. The molecule has 2 aliphatic carbocycles. The van der Waals surface area contributed by atoms with E-state index in [-0.39, 0.29) is 54.4 Å². The van der Waals surface area contributed by atoms with Crippen LogP contribution in [0.5, 0.6) is 5.75 Å². The molecule has 1 aliphatic heterocycles. The van der Waals surface area contributed by atoms with Crippen LogP contribution >= 0.6 is 0 Å². The fourth-order valence-electron chi connectivity index (χ4n) is 6.79. The number of carbonyl (C=O) groups excluding carboxylic acids is 3. The van der Waals surface area contributed by atoms with E-state index in [0.717, 1.165) is 42.8 Å². The van der Waals surface area contributed by atoms with Gasteiger partial charge in [0.05, 0.1) is 18.6 Å². The van der Waals surface area contributed by atoms with Crippen molar-refractivity contribution in [2.75, 3.05) is 32.8 Å². The van der Waals surface area contributed by atoms with Crippen molar-refractivity contribution in [3.63, 3.8) is 0 Å². The van der Waals surface area contributed by atoms with Crippen molar-refractivity contribution in [2.45, 2.75) is 64.7 Å². The van der Waals surface area contributed by atoms with Crippen LogP contribution in [0.2, 0.25) is 0 Å². The lowest BCUT2D eigenvalue weighted by Crippen LogP contribution is -2.32. The van der Waals surface area contributed by atoms with Gasteiger partial charge in [0, 0.05) is 25.5 Å². The minimum atomic E-state index is -0.764. The predicted octanol–water partition coefficient (Wildman–Crippen LogP) is 4.99. The summed E-state index contributed by atoms with van der Waals surface area (Å²) < 4.78 is 0. The number of fused-ring (bicyclic) bond motifs is 1. The maximum absolute atomic E-state index is 13.4. The van der Waals surface area contributed by atoms with Crippen molar-refractivity contribution in [1.29, 1.82) is 0 Å². The third-order valence-electron chi connectivity index (χ3n) is 8.87. The molecule has 0 bridgehead atoms. The summed E-state index contributed by atoms with van der Waals surface area (Å²) in [5.74, 6) is -1.98. The third-order valence-corrected chi connectivity index (χ3v) is 8.87. The van der Waals surface area contributed by atoms with E-state index < -0.39 is 12.5 Å². The average Bonchev–Trinajstić information content (AvgIpc) is 3.45. The molecule has 0 radical (unpaired) electrons. The van der Waals surface area contributed by atoms with E-state index in [4.69, 9.17) is 0 Å². The summed E-state index contributed by atoms with van der Waals surface area (Å²) in [4.78, 5) is 40.3. The first-order chi connectivity index (χ1) is 20.3. The second-order valence-electron chi connectivity index (χ2n) is 12.1. The molecule has 4 rings (SSSR count). The Labute approximate surface area is 249 Å². The zero-order valence-electron chi connectivity index (χ0n) is 24.8. The fourth-order valence-corrected chi connectivity index (χ4v) is 6.79. The average molecular weight is 576 g/mol. The number of aliphatic hydroxyl groups excluding tert-OH is 2. The van der Waals surface area contributed by atoms with Crippen molar-refractivity contribution < 1.29 is 29.7 Å². The van der Waals surface area contributed by atoms with Gasteiger partial charge < -0.3 is 15.3 Å². The first kappa shape index (κ1) is 31.8. The molecule has 1 fully saturated rings. The number of allylic oxidation sites excluding steroid dienone is 7. The smallest absolute Gasteiger partial charge is 0.167 e. The molecule has 42 heavy (non-hydrogen) atoms. The molecule has 1 aromatic rings. The van der Waals surface area contributed by atoms with Crippen molar-refractivity contribution in [2.24, 2.45) is 17.8 Å². The molecule has 0 spiro atoms. The van der Waals surface area contributed by atoms with Crippen LogP contribution in [-0.4, -0.2) is 70.4 Å². The Morgan fingerprint density at radius 2 is 1.76 bits per heavy atom. The largest absolute Gasteiger partial charge is 0.507 e. The number of carbonyl (C=O) groups is 3. The van der Waals surface area contributed by atoms with E-state index in [1.165, 1.54) is 25.3 Å². The Kier molecular flexibility index (Phi) is 11.6. The number of rotatable bonds is 12. The predicted molar refractivity (Wildman–Crippen MR) is 164 cm³/mol. The molecule has 0 aromatic heterocycles. The number of hydrogen-bond acceptors (Lipinski definition) is 7. The maximum Gasteiger partial charge on any atom is 0.167 e. The number of Topliss-reactive ketones (excluding diaryl/α,β-unsaturated/α-hetero) is 3. The highest BCUT2D eigenvalue weighted by molar-refractivity contribution is 6.02. The Morgan fingerprint density at radius 3 is 2.45 bits per heavy atom. The normalized spacial score (nSPS) is 24.9. The molecule has 0 saturated carbocycles. The lowest BCUT2D eigenvalue weighted by atomic mass is 9.72. The van der Waals surface area contributed by atoms with Crippen LogP contribution in [0, 0.1) is 17.8 Å². The number of likely N-dealkylation sites (tertiary alicyclic amines) is 1. The Morgan fingerprint density at radius 1 is 1.02 bits per heavy atom. The summed E-state index contributed by atoms with van der Waals surface area (Å²) in [5, 5.41) is 30.6. The minimum Gasteiger partial charge on any atom is -0.507 e. The van der Waals surface area contributed by atoms with Gasteiger partial charge in [-0.05, 0) is 99.6 Å². The van der Waals surface area contributed by atoms with Crippen LogP contribution in [0.15, 0.2) is 54.2 Å². The lowest BCUT2D eigenvalue weighted by Gasteiger charge is -2.32. The standard InChI is InChI=1S/C35H45NO6/c1-24(39)18-33(41)31(23-38)28(14-17-37)19-26-20-30-29(12-13-32(40)35(30)34(42)21-26)27-9-5-3-2-4-8-25(10-11-27)22-36-15-6-7-16-36/h2-5,10-13,26,28,31,37-38,40H,6-9,14-23H2,1H3/b4-2-,5-3-,25-10+,27-11+. The van der Waals surface area contributed by atoms with Gasteiger partial charge in [-0.25, -0.2) is 0 Å². The first-order valence-corrected chi connectivity index (χ1v) is 15.4. The van der Waals surface area contributed by atoms with Gasteiger partial charge in [-0.2, -0.15) is 0 Å². The second-order valence-corrected chi connectivity index (χ2v) is 12.1. The number of hydrogen-bond donors (Lipinski definition) is 3. The molecule has 3 N–H and O–H groups in total. The molecule has 3 atom stereocenters. The van der Waals surface area contributed by atoms with Crippen LogP contribution < -0.4 is 0 Å². The quantitative estimate of drug-likeness (QED) is 0.301. The van der Waals surface area contributed by atoms with Crippen LogP contribution in [0.25, 0.3) is 5.57 Å². The third kappa shape index (κ3) is 8.24. The zero-order valence-corrected chi connectivity index (χ0v) is 24.8. The summed E-state index contributed by atoms with van der Waals surface area (Å²) in [5.41, 5.74) is 4.53. The Hall–Kier alpha value is -3.13. The van der Waals surface area contributed by atoms with E-state index in [1.54, 1.807) is 6.07 Å². The summed E-state index contributed by atoms with van der Waals surface area (Å²) >= 11 is 0. The molecule has 3 aliphatic rings. The second kappa shape index (κ2) is 15.4. The van der Waals surface area contributed by atoms with E-state index in [9.17, 15) is 29.7 Å². The van der Waals surface area contributed by atoms with Gasteiger partial charge in [-0.15, -0.1) is 0 Å². The molecule has 7 nitrogen and oxygen atoms in total. The Balaban J connectivity index is 1.64. The molecule has 1 saturated heterocycles. The number of aromatic hydroxyl groups is 1. The number of aliphatic hydroxyl groups is 2. The number of ketones is 3. The molecule has 0 amide bonds. The van der Waals surface area contributed by atoms with Crippen molar-refractivity contribution in [1.82, 2.24) is 4.90 Å². The number of phenols is 1. The molecule has 7 heteroatoms. The van der Waals surface area contributed by atoms with Crippen molar-refractivity contribution in [3.05, 3.63) is 70.9 Å². The number of nitrogens with zero attached hydrogens (tertiary/aromatic N) is 1. The van der Waals surface area contributed by atoms with E-state index in [0.29, 0.717) is 31.2 Å². The molecule has 1 heterocycles. The zero-order chi connectivity index (χ0) is 30.1. The maximum atomic E-state index is 13.4. The van der Waals surface area contributed by atoms with E-state index >= 15 is 0 Å². The highest BCUT2D eigenvalue weighted by atomic mass is 16.3. The molecular formula is C35H45NO6. The van der Waals surface area contributed by atoms with Crippen LogP contribution in [-0.2, 0) is 16.0 Å². The lowest BCUT2D eigenvalue weighted by molar-refractivity contribution is -0.131. The summed E-state index contributed by atoms with van der Waals surface area (Å²) in [6.07, 6.45) is 18.1. The fraction of sp³-hybridized carbons (Fsp3) is 0.514. The van der Waals surface area contributed by atoms with Crippen LogP contribution in [0.4, 0.5) is 0 Å². The topological polar surface area (TPSA) is 115 Å². The van der Waals surface area contributed by atoms with Gasteiger partial charge in [0.15, 0.2) is 5.78 Å². The minimum absolute atomic E-state index is 0.0156. The molecular weight excluding hydrogens is 530 g/mol. The molecule has 3 unspecified atom stereocenters.